The number of ether oxygens (including phenoxy) is 1. The van der Waals surface area contributed by atoms with Crippen molar-refractivity contribution < 1.29 is 14.3 Å². The molecule has 130 valence electrons. The molecule has 1 aliphatic rings. The zero-order valence-electron chi connectivity index (χ0n) is 14.1. The van der Waals surface area contributed by atoms with Crippen LogP contribution in [0.2, 0.25) is 0 Å². The fourth-order valence-corrected chi connectivity index (χ4v) is 3.01. The summed E-state index contributed by atoms with van der Waals surface area (Å²) < 4.78 is 5.15. The number of piperidine rings is 1. The molecule has 1 aliphatic heterocycles. The first-order chi connectivity index (χ1) is 12.2. The van der Waals surface area contributed by atoms with Crippen molar-refractivity contribution in [2.45, 2.75) is 25.4 Å². The monoisotopic (exact) mass is 338 g/mol. The largest absolute Gasteiger partial charge is 0.418 e. The van der Waals surface area contributed by atoms with E-state index in [1.165, 1.54) is 0 Å². The number of rotatable bonds is 4. The molecule has 1 N–H and O–H groups in total. The number of nitrogens with zero attached hydrogens (tertiary/aromatic N) is 1. The first-order valence-electron chi connectivity index (χ1n) is 8.56. The van der Waals surface area contributed by atoms with E-state index in [4.69, 9.17) is 4.74 Å². The van der Waals surface area contributed by atoms with Crippen LogP contribution < -0.4 is 5.32 Å². The lowest BCUT2D eigenvalue weighted by molar-refractivity contribution is 0.0473. The van der Waals surface area contributed by atoms with Gasteiger partial charge in [-0.1, -0.05) is 48.5 Å². The topological polar surface area (TPSA) is 58.6 Å². The average Bonchev–Trinajstić information content (AvgIpc) is 2.68. The van der Waals surface area contributed by atoms with Gasteiger partial charge in [-0.05, 0) is 43.6 Å². The van der Waals surface area contributed by atoms with Crippen LogP contribution >= 0.6 is 0 Å². The molecule has 1 amide bonds. The second-order valence-electron chi connectivity index (χ2n) is 6.12. The van der Waals surface area contributed by atoms with Crippen LogP contribution in [0.15, 0.2) is 60.7 Å². The number of carbonyl (C=O) groups excluding carboxylic acids is 2. The van der Waals surface area contributed by atoms with Crippen molar-refractivity contribution in [3.8, 4) is 0 Å². The zero-order valence-corrected chi connectivity index (χ0v) is 14.1. The van der Waals surface area contributed by atoms with Crippen molar-refractivity contribution in [3.63, 3.8) is 0 Å². The van der Waals surface area contributed by atoms with Gasteiger partial charge in [0.15, 0.2) is 0 Å². The maximum Gasteiger partial charge on any atom is 0.418 e. The Kier molecular flexibility index (Phi) is 5.80. The lowest BCUT2D eigenvalue weighted by Crippen LogP contribution is -2.46. The van der Waals surface area contributed by atoms with Crippen LogP contribution in [-0.2, 0) is 11.3 Å². The number of nitrogens with one attached hydrogen (secondary N) is 1. The molecule has 3 rings (SSSR count). The molecule has 5 nitrogen and oxygen atoms in total. The molecule has 0 aromatic heterocycles. The Bertz CT molecular complexity index is 697. The van der Waals surface area contributed by atoms with Crippen LogP contribution in [-0.4, -0.2) is 36.1 Å². The molecule has 0 atom stereocenters. The molecule has 0 radical (unpaired) electrons. The summed E-state index contributed by atoms with van der Waals surface area (Å²) in [6.07, 6.45) is 1.12. The smallest absolute Gasteiger partial charge is 0.372 e. The summed E-state index contributed by atoms with van der Waals surface area (Å²) in [4.78, 5) is 26.6. The quantitative estimate of drug-likeness (QED) is 0.687. The Labute approximate surface area is 147 Å². The van der Waals surface area contributed by atoms with Crippen LogP contribution in [0.4, 0.5) is 4.79 Å². The fraction of sp³-hybridized carbons (Fsp3) is 0.300. The van der Waals surface area contributed by atoms with E-state index in [1.807, 2.05) is 36.4 Å². The normalized spacial score (nSPS) is 14.7. The van der Waals surface area contributed by atoms with E-state index in [-0.39, 0.29) is 6.04 Å². The second-order valence-corrected chi connectivity index (χ2v) is 6.12. The zero-order chi connectivity index (χ0) is 17.5. The number of amides is 1. The Balaban J connectivity index is 1.73. The summed E-state index contributed by atoms with van der Waals surface area (Å²) in [5.74, 6) is -0.613. The van der Waals surface area contributed by atoms with Gasteiger partial charge in [0.05, 0.1) is 5.56 Å². The van der Waals surface area contributed by atoms with Gasteiger partial charge in [0.2, 0.25) is 0 Å². The minimum absolute atomic E-state index is 0.0672. The molecule has 1 fully saturated rings. The molecule has 1 saturated heterocycles. The Morgan fingerprint density at radius 1 is 0.960 bits per heavy atom. The molecule has 0 bridgehead atoms. The van der Waals surface area contributed by atoms with Crippen molar-refractivity contribution in [1.82, 2.24) is 10.2 Å². The first kappa shape index (κ1) is 17.2. The van der Waals surface area contributed by atoms with Gasteiger partial charge in [-0.3, -0.25) is 0 Å². The van der Waals surface area contributed by atoms with Crippen molar-refractivity contribution in [2.24, 2.45) is 0 Å². The van der Waals surface area contributed by atoms with Crippen LogP contribution in [0.5, 0.6) is 0 Å². The number of hydrogen-bond acceptors (Lipinski definition) is 4. The van der Waals surface area contributed by atoms with Crippen LogP contribution in [0.25, 0.3) is 0 Å². The van der Waals surface area contributed by atoms with Crippen LogP contribution in [0.3, 0.4) is 0 Å². The summed E-state index contributed by atoms with van der Waals surface area (Å²) in [6, 6.07) is 18.4. The summed E-state index contributed by atoms with van der Waals surface area (Å²) in [5.41, 5.74) is 1.39. The molecule has 0 spiro atoms. The Morgan fingerprint density at radius 3 is 2.20 bits per heavy atom. The highest BCUT2D eigenvalue weighted by molar-refractivity contribution is 5.96. The van der Waals surface area contributed by atoms with E-state index in [2.05, 4.69) is 5.32 Å². The Morgan fingerprint density at radius 2 is 1.56 bits per heavy atom. The molecule has 5 heteroatoms. The summed E-state index contributed by atoms with van der Waals surface area (Å²) in [7, 11) is 0. The molecular formula is C20H22N2O3. The maximum atomic E-state index is 12.7. The lowest BCUT2D eigenvalue weighted by atomic mass is 10.0. The van der Waals surface area contributed by atoms with Gasteiger partial charge in [0.25, 0.3) is 0 Å². The summed E-state index contributed by atoms with van der Waals surface area (Å²) in [6.45, 7) is 2.15. The van der Waals surface area contributed by atoms with E-state index in [0.717, 1.165) is 31.5 Å². The van der Waals surface area contributed by atoms with E-state index in [0.29, 0.717) is 12.1 Å². The van der Waals surface area contributed by atoms with Gasteiger partial charge in [0, 0.05) is 12.6 Å². The SMILES string of the molecule is O=C(OC(=O)N(Cc1ccccc1)C1CCNCC1)c1ccccc1. The molecule has 25 heavy (non-hydrogen) atoms. The van der Waals surface area contributed by atoms with E-state index in [9.17, 15) is 9.59 Å². The second kappa shape index (κ2) is 8.44. The standard InChI is InChI=1S/C20H22N2O3/c23-19(17-9-5-2-6-10-17)25-20(24)22(18-11-13-21-14-12-18)15-16-7-3-1-4-8-16/h1-10,18,21H,11-15H2. The van der Waals surface area contributed by atoms with Gasteiger partial charge in [-0.2, -0.15) is 0 Å². The minimum Gasteiger partial charge on any atom is -0.372 e. The molecule has 2 aromatic carbocycles. The summed E-state index contributed by atoms with van der Waals surface area (Å²) in [5, 5.41) is 3.29. The number of benzene rings is 2. The first-order valence-corrected chi connectivity index (χ1v) is 8.56. The van der Waals surface area contributed by atoms with Crippen molar-refractivity contribution >= 4 is 12.1 Å². The highest BCUT2D eigenvalue weighted by Gasteiger charge is 2.28. The fourth-order valence-electron chi connectivity index (χ4n) is 3.01. The third-order valence-corrected chi connectivity index (χ3v) is 4.37. The van der Waals surface area contributed by atoms with Crippen LogP contribution in [0, 0.1) is 0 Å². The van der Waals surface area contributed by atoms with Gasteiger partial charge in [0.1, 0.15) is 0 Å². The summed E-state index contributed by atoms with van der Waals surface area (Å²) >= 11 is 0. The van der Waals surface area contributed by atoms with Gasteiger partial charge in [-0.15, -0.1) is 0 Å². The molecule has 0 aliphatic carbocycles. The van der Waals surface area contributed by atoms with E-state index in [1.54, 1.807) is 29.2 Å². The highest BCUT2D eigenvalue weighted by Crippen LogP contribution is 2.18. The predicted octanol–water partition coefficient (Wildman–Crippen LogP) is 3.22. The maximum absolute atomic E-state index is 12.7. The number of esters is 1. The predicted molar refractivity (Wildman–Crippen MR) is 95.1 cm³/mol. The molecule has 1 heterocycles. The third kappa shape index (κ3) is 4.67. The minimum atomic E-state index is -0.613. The number of carbonyl (C=O) groups is 2. The highest BCUT2D eigenvalue weighted by atomic mass is 16.6. The van der Waals surface area contributed by atoms with Gasteiger partial charge >= 0.3 is 12.1 Å². The molecule has 0 unspecified atom stereocenters. The van der Waals surface area contributed by atoms with Gasteiger partial charge < -0.3 is 15.0 Å². The van der Waals surface area contributed by atoms with Gasteiger partial charge in [-0.25, -0.2) is 9.59 Å². The Hall–Kier alpha value is -2.66. The third-order valence-electron chi connectivity index (χ3n) is 4.37. The number of hydrogen-bond donors (Lipinski definition) is 1. The van der Waals surface area contributed by atoms with E-state index < -0.39 is 12.1 Å². The molecular weight excluding hydrogens is 316 g/mol. The van der Waals surface area contributed by atoms with E-state index >= 15 is 0 Å². The molecule has 0 saturated carbocycles. The van der Waals surface area contributed by atoms with Crippen LogP contribution in [0.1, 0.15) is 28.8 Å². The van der Waals surface area contributed by atoms with Crippen molar-refractivity contribution in [1.29, 1.82) is 0 Å². The average molecular weight is 338 g/mol. The van der Waals surface area contributed by atoms with Crippen molar-refractivity contribution in [2.75, 3.05) is 13.1 Å². The molecule has 2 aromatic rings. The van der Waals surface area contributed by atoms with Crippen molar-refractivity contribution in [3.05, 3.63) is 71.8 Å². The lowest BCUT2D eigenvalue weighted by Gasteiger charge is -2.33.